The fraction of sp³-hybridized carbons (Fsp3) is 0.769. The lowest BCUT2D eigenvalue weighted by molar-refractivity contribution is 0.215. The zero-order chi connectivity index (χ0) is 11.3. The van der Waals surface area contributed by atoms with Crippen molar-refractivity contribution in [3.05, 3.63) is 16.6 Å². The van der Waals surface area contributed by atoms with Crippen molar-refractivity contribution in [3.63, 3.8) is 0 Å². The van der Waals surface area contributed by atoms with Crippen molar-refractivity contribution in [3.8, 4) is 0 Å². The second kappa shape index (κ2) is 5.78. The number of thiazole rings is 1. The van der Waals surface area contributed by atoms with Crippen LogP contribution in [0.5, 0.6) is 0 Å². The third-order valence-electron chi connectivity index (χ3n) is 3.89. The van der Waals surface area contributed by atoms with Gasteiger partial charge < -0.3 is 5.73 Å². The van der Waals surface area contributed by atoms with E-state index in [1.807, 2.05) is 5.51 Å². The first kappa shape index (κ1) is 12.1. The molecule has 0 atom stereocenters. The molecule has 1 aromatic heterocycles. The normalized spacial score (nSPS) is 21.3. The Balaban J connectivity index is 2.03. The molecule has 0 radical (unpaired) electrons. The molecule has 0 aromatic carbocycles. The van der Waals surface area contributed by atoms with Gasteiger partial charge in [0.15, 0.2) is 0 Å². The van der Waals surface area contributed by atoms with Crippen LogP contribution in [-0.4, -0.2) is 11.5 Å². The topological polar surface area (TPSA) is 38.9 Å². The SMILES string of the molecule is NCC1(Cc2cscn2)CCCCCCC1. The number of nitrogens with two attached hydrogens (primary N) is 1. The summed E-state index contributed by atoms with van der Waals surface area (Å²) in [5.41, 5.74) is 9.57. The standard InChI is InChI=1S/C13H22N2S/c14-10-13(8-12-9-16-11-15-12)6-4-2-1-3-5-7-13/h9,11H,1-8,10,14H2. The highest BCUT2D eigenvalue weighted by molar-refractivity contribution is 7.07. The maximum Gasteiger partial charge on any atom is 0.0794 e. The van der Waals surface area contributed by atoms with Gasteiger partial charge in [0.25, 0.3) is 0 Å². The van der Waals surface area contributed by atoms with E-state index < -0.39 is 0 Å². The van der Waals surface area contributed by atoms with Crippen molar-refractivity contribution in [2.24, 2.45) is 11.1 Å². The molecule has 0 bridgehead atoms. The van der Waals surface area contributed by atoms with Gasteiger partial charge in [-0.05, 0) is 31.2 Å². The Bertz CT molecular complexity index is 287. The molecular formula is C13H22N2S. The van der Waals surface area contributed by atoms with E-state index in [1.54, 1.807) is 11.3 Å². The summed E-state index contributed by atoms with van der Waals surface area (Å²) in [7, 11) is 0. The van der Waals surface area contributed by atoms with Crippen LogP contribution in [0.2, 0.25) is 0 Å². The lowest BCUT2D eigenvalue weighted by atomic mass is 9.73. The molecule has 1 aliphatic carbocycles. The largest absolute Gasteiger partial charge is 0.330 e. The van der Waals surface area contributed by atoms with Crippen LogP contribution in [0.1, 0.15) is 50.6 Å². The Kier molecular flexibility index (Phi) is 4.36. The Labute approximate surface area is 102 Å². The molecule has 2 N–H and O–H groups in total. The highest BCUT2D eigenvalue weighted by Gasteiger charge is 2.29. The fourth-order valence-corrected chi connectivity index (χ4v) is 3.38. The van der Waals surface area contributed by atoms with Gasteiger partial charge in [-0.3, -0.25) is 0 Å². The molecule has 1 heterocycles. The van der Waals surface area contributed by atoms with Crippen molar-refractivity contribution >= 4 is 11.3 Å². The lowest BCUT2D eigenvalue weighted by Gasteiger charge is -2.33. The van der Waals surface area contributed by atoms with Gasteiger partial charge >= 0.3 is 0 Å². The third kappa shape index (κ3) is 3.05. The van der Waals surface area contributed by atoms with Gasteiger partial charge in [0.1, 0.15) is 0 Å². The Morgan fingerprint density at radius 2 is 1.88 bits per heavy atom. The van der Waals surface area contributed by atoms with Gasteiger partial charge in [-0.15, -0.1) is 11.3 Å². The highest BCUT2D eigenvalue weighted by atomic mass is 32.1. The third-order valence-corrected chi connectivity index (χ3v) is 4.52. The molecule has 1 fully saturated rings. The first-order chi connectivity index (χ1) is 7.85. The molecule has 3 heteroatoms. The zero-order valence-electron chi connectivity index (χ0n) is 9.95. The van der Waals surface area contributed by atoms with Gasteiger partial charge in [0.2, 0.25) is 0 Å². The summed E-state index contributed by atoms with van der Waals surface area (Å²) in [6.07, 6.45) is 10.6. The van der Waals surface area contributed by atoms with Crippen LogP contribution in [-0.2, 0) is 6.42 Å². The Morgan fingerprint density at radius 3 is 2.44 bits per heavy atom. The molecule has 90 valence electrons. The summed E-state index contributed by atoms with van der Waals surface area (Å²) >= 11 is 1.69. The van der Waals surface area contributed by atoms with E-state index in [0.717, 1.165) is 13.0 Å². The number of hydrogen-bond acceptors (Lipinski definition) is 3. The summed E-state index contributed by atoms with van der Waals surface area (Å²) in [6.45, 7) is 0.824. The minimum Gasteiger partial charge on any atom is -0.330 e. The minimum atomic E-state index is 0.342. The predicted molar refractivity (Wildman–Crippen MR) is 69.6 cm³/mol. The van der Waals surface area contributed by atoms with Crippen LogP contribution in [0, 0.1) is 5.41 Å². The highest BCUT2D eigenvalue weighted by Crippen LogP contribution is 2.36. The van der Waals surface area contributed by atoms with Crippen molar-refractivity contribution in [1.82, 2.24) is 4.98 Å². The number of nitrogens with zero attached hydrogens (tertiary/aromatic N) is 1. The average molecular weight is 238 g/mol. The number of rotatable bonds is 3. The van der Waals surface area contributed by atoms with Crippen LogP contribution in [0.15, 0.2) is 10.9 Å². The van der Waals surface area contributed by atoms with Crippen LogP contribution < -0.4 is 5.73 Å². The van der Waals surface area contributed by atoms with Crippen molar-refractivity contribution in [1.29, 1.82) is 0 Å². The molecule has 1 aromatic rings. The van der Waals surface area contributed by atoms with E-state index in [1.165, 1.54) is 50.6 Å². The smallest absolute Gasteiger partial charge is 0.0794 e. The number of hydrogen-bond donors (Lipinski definition) is 1. The zero-order valence-corrected chi connectivity index (χ0v) is 10.8. The van der Waals surface area contributed by atoms with Crippen LogP contribution >= 0.6 is 11.3 Å². The molecular weight excluding hydrogens is 216 g/mol. The molecule has 1 saturated carbocycles. The molecule has 2 nitrogen and oxygen atoms in total. The summed E-state index contributed by atoms with van der Waals surface area (Å²) in [4.78, 5) is 4.42. The van der Waals surface area contributed by atoms with Gasteiger partial charge in [-0.2, -0.15) is 0 Å². The molecule has 16 heavy (non-hydrogen) atoms. The summed E-state index contributed by atoms with van der Waals surface area (Å²) in [5.74, 6) is 0. The van der Waals surface area contributed by atoms with E-state index in [9.17, 15) is 0 Å². The van der Waals surface area contributed by atoms with E-state index >= 15 is 0 Å². The Hall–Kier alpha value is -0.410. The summed E-state index contributed by atoms with van der Waals surface area (Å²) in [5, 5.41) is 2.18. The van der Waals surface area contributed by atoms with Crippen LogP contribution in [0.3, 0.4) is 0 Å². The molecule has 1 aliphatic rings. The lowest BCUT2D eigenvalue weighted by Crippen LogP contribution is -2.33. The van der Waals surface area contributed by atoms with Gasteiger partial charge in [0.05, 0.1) is 11.2 Å². The minimum absolute atomic E-state index is 0.342. The monoisotopic (exact) mass is 238 g/mol. The first-order valence-corrected chi connectivity index (χ1v) is 7.36. The van der Waals surface area contributed by atoms with Crippen LogP contribution in [0.4, 0.5) is 0 Å². The maximum atomic E-state index is 6.05. The predicted octanol–water partition coefficient (Wildman–Crippen LogP) is 3.38. The van der Waals surface area contributed by atoms with E-state index in [0.29, 0.717) is 5.41 Å². The number of aromatic nitrogens is 1. The van der Waals surface area contributed by atoms with Gasteiger partial charge in [-0.25, -0.2) is 4.98 Å². The Morgan fingerprint density at radius 1 is 1.19 bits per heavy atom. The summed E-state index contributed by atoms with van der Waals surface area (Å²) < 4.78 is 0. The molecule has 0 spiro atoms. The van der Waals surface area contributed by atoms with E-state index in [2.05, 4.69) is 10.4 Å². The van der Waals surface area contributed by atoms with Crippen molar-refractivity contribution in [2.75, 3.05) is 6.54 Å². The molecule has 0 aliphatic heterocycles. The molecule has 0 amide bonds. The van der Waals surface area contributed by atoms with E-state index in [-0.39, 0.29) is 0 Å². The van der Waals surface area contributed by atoms with Gasteiger partial charge in [-0.1, -0.05) is 32.1 Å². The first-order valence-electron chi connectivity index (χ1n) is 6.42. The quantitative estimate of drug-likeness (QED) is 0.877. The molecule has 2 rings (SSSR count). The second-order valence-electron chi connectivity index (χ2n) is 5.13. The van der Waals surface area contributed by atoms with E-state index in [4.69, 9.17) is 5.73 Å². The average Bonchev–Trinajstić information content (AvgIpc) is 2.75. The molecule has 0 unspecified atom stereocenters. The molecule has 0 saturated heterocycles. The summed E-state index contributed by atoms with van der Waals surface area (Å²) in [6, 6.07) is 0. The van der Waals surface area contributed by atoms with Crippen molar-refractivity contribution < 1.29 is 0 Å². The fourth-order valence-electron chi connectivity index (χ4n) is 2.82. The maximum absolute atomic E-state index is 6.05. The van der Waals surface area contributed by atoms with Gasteiger partial charge in [0, 0.05) is 5.38 Å². The van der Waals surface area contributed by atoms with Crippen molar-refractivity contribution in [2.45, 2.75) is 51.4 Å². The van der Waals surface area contributed by atoms with Crippen LogP contribution in [0.25, 0.3) is 0 Å². The second-order valence-corrected chi connectivity index (χ2v) is 5.85.